The van der Waals surface area contributed by atoms with E-state index < -0.39 is 5.97 Å². The van der Waals surface area contributed by atoms with E-state index in [1.807, 2.05) is 29.2 Å². The number of ether oxygens (including phenoxy) is 1. The number of carbonyl (C=O) groups excluding carboxylic acids is 2. The van der Waals surface area contributed by atoms with Crippen molar-refractivity contribution >= 4 is 23.5 Å². The largest absolute Gasteiger partial charge is 0.465 e. The summed E-state index contributed by atoms with van der Waals surface area (Å²) >= 11 is 5.96. The zero-order valence-electron chi connectivity index (χ0n) is 16.5. The third-order valence-corrected chi connectivity index (χ3v) is 5.49. The Kier molecular flexibility index (Phi) is 6.42. The van der Waals surface area contributed by atoms with Gasteiger partial charge in [-0.25, -0.2) is 4.79 Å². The zero-order chi connectivity index (χ0) is 20.3. The van der Waals surface area contributed by atoms with Crippen molar-refractivity contribution in [3.8, 4) is 0 Å². The SMILES string of the molecule is COC(=O)c1c(C)[nH]c(C(=O)N2CCCN(Cc3ccc(Cl)cc3)CC2)c1C. The monoisotopic (exact) mass is 403 g/mol. The molecule has 1 aliphatic heterocycles. The molecule has 2 aromatic rings. The number of esters is 1. The summed E-state index contributed by atoms with van der Waals surface area (Å²) in [5.74, 6) is -0.487. The fourth-order valence-electron chi connectivity index (χ4n) is 3.71. The maximum atomic E-state index is 13.1. The normalized spacial score (nSPS) is 15.4. The second-order valence-corrected chi connectivity index (χ2v) is 7.60. The summed E-state index contributed by atoms with van der Waals surface area (Å²) in [6.45, 7) is 7.49. The van der Waals surface area contributed by atoms with Crippen molar-refractivity contribution in [3.05, 3.63) is 57.4 Å². The topological polar surface area (TPSA) is 65.6 Å². The van der Waals surface area contributed by atoms with Crippen LogP contribution in [0.15, 0.2) is 24.3 Å². The lowest BCUT2D eigenvalue weighted by Gasteiger charge is -2.22. The summed E-state index contributed by atoms with van der Waals surface area (Å²) in [6, 6.07) is 7.88. The Morgan fingerprint density at radius 3 is 2.50 bits per heavy atom. The fraction of sp³-hybridized carbons (Fsp3) is 0.429. The van der Waals surface area contributed by atoms with Gasteiger partial charge >= 0.3 is 5.97 Å². The Hall–Kier alpha value is -2.31. The number of methoxy groups -OCH3 is 1. The van der Waals surface area contributed by atoms with E-state index >= 15 is 0 Å². The lowest BCUT2D eigenvalue weighted by Crippen LogP contribution is -2.35. The van der Waals surface area contributed by atoms with Crippen LogP contribution in [-0.4, -0.2) is 59.9 Å². The van der Waals surface area contributed by atoms with E-state index in [4.69, 9.17) is 16.3 Å². The van der Waals surface area contributed by atoms with E-state index in [1.165, 1.54) is 12.7 Å². The molecule has 0 unspecified atom stereocenters. The first kappa shape index (κ1) is 20.4. The molecule has 1 aromatic carbocycles. The van der Waals surface area contributed by atoms with Gasteiger partial charge in [-0.3, -0.25) is 9.69 Å². The number of hydrogen-bond acceptors (Lipinski definition) is 4. The Morgan fingerprint density at radius 1 is 1.11 bits per heavy atom. The highest BCUT2D eigenvalue weighted by Crippen LogP contribution is 2.21. The van der Waals surface area contributed by atoms with Gasteiger partial charge in [-0.05, 0) is 43.5 Å². The van der Waals surface area contributed by atoms with Crippen LogP contribution in [-0.2, 0) is 11.3 Å². The van der Waals surface area contributed by atoms with Crippen LogP contribution in [0.4, 0.5) is 0 Å². The van der Waals surface area contributed by atoms with E-state index in [1.54, 1.807) is 13.8 Å². The molecule has 2 heterocycles. The van der Waals surface area contributed by atoms with Crippen LogP contribution < -0.4 is 0 Å². The van der Waals surface area contributed by atoms with Crippen LogP contribution in [0.5, 0.6) is 0 Å². The molecule has 1 saturated heterocycles. The van der Waals surface area contributed by atoms with Gasteiger partial charge in [0.2, 0.25) is 0 Å². The minimum Gasteiger partial charge on any atom is -0.465 e. The number of H-pyrrole nitrogens is 1. The molecule has 150 valence electrons. The van der Waals surface area contributed by atoms with Gasteiger partial charge in [0.25, 0.3) is 5.91 Å². The smallest absolute Gasteiger partial charge is 0.339 e. The quantitative estimate of drug-likeness (QED) is 0.794. The first-order valence-electron chi connectivity index (χ1n) is 9.44. The van der Waals surface area contributed by atoms with Gasteiger partial charge in [0, 0.05) is 43.4 Å². The van der Waals surface area contributed by atoms with Crippen molar-refractivity contribution in [2.75, 3.05) is 33.3 Å². The average Bonchev–Trinajstić information content (AvgIpc) is 2.84. The van der Waals surface area contributed by atoms with Gasteiger partial charge in [0.15, 0.2) is 0 Å². The van der Waals surface area contributed by atoms with Crippen LogP contribution in [0.1, 0.15) is 44.1 Å². The summed E-state index contributed by atoms with van der Waals surface area (Å²) in [5.41, 5.74) is 3.44. The number of aromatic nitrogens is 1. The predicted octanol–water partition coefficient (Wildman–Crippen LogP) is 3.42. The van der Waals surface area contributed by atoms with E-state index in [-0.39, 0.29) is 5.91 Å². The number of hydrogen-bond donors (Lipinski definition) is 1. The molecule has 0 bridgehead atoms. The molecule has 1 fully saturated rings. The Balaban J connectivity index is 1.67. The van der Waals surface area contributed by atoms with Crippen molar-refractivity contribution in [2.24, 2.45) is 0 Å². The number of benzene rings is 1. The minimum atomic E-state index is -0.421. The van der Waals surface area contributed by atoms with E-state index in [2.05, 4.69) is 9.88 Å². The molecule has 3 rings (SSSR count). The summed E-state index contributed by atoms with van der Waals surface area (Å²) in [4.78, 5) is 32.3. The van der Waals surface area contributed by atoms with Crippen molar-refractivity contribution < 1.29 is 14.3 Å². The number of aryl methyl sites for hydroxylation is 1. The Labute approximate surface area is 170 Å². The Morgan fingerprint density at radius 2 is 1.82 bits per heavy atom. The summed E-state index contributed by atoms with van der Waals surface area (Å²) in [7, 11) is 1.35. The van der Waals surface area contributed by atoms with E-state index in [0.717, 1.165) is 31.1 Å². The summed E-state index contributed by atoms with van der Waals surface area (Å²) in [6.07, 6.45) is 0.905. The third kappa shape index (κ3) is 4.39. The molecule has 1 amide bonds. The molecule has 7 heteroatoms. The minimum absolute atomic E-state index is 0.0657. The highest BCUT2D eigenvalue weighted by Gasteiger charge is 2.27. The lowest BCUT2D eigenvalue weighted by molar-refractivity contribution is 0.0599. The van der Waals surface area contributed by atoms with E-state index in [9.17, 15) is 9.59 Å². The Bertz CT molecular complexity index is 861. The number of rotatable bonds is 4. The van der Waals surface area contributed by atoms with Gasteiger partial charge in [0.1, 0.15) is 5.69 Å². The maximum Gasteiger partial charge on any atom is 0.339 e. The highest BCUT2D eigenvalue weighted by molar-refractivity contribution is 6.30. The molecule has 1 aromatic heterocycles. The second-order valence-electron chi connectivity index (χ2n) is 7.16. The molecule has 0 radical (unpaired) electrons. The summed E-state index contributed by atoms with van der Waals surface area (Å²) < 4.78 is 4.84. The number of nitrogens with zero attached hydrogens (tertiary/aromatic N) is 2. The number of halogens is 1. The zero-order valence-corrected chi connectivity index (χ0v) is 17.3. The average molecular weight is 404 g/mol. The van der Waals surface area contributed by atoms with Gasteiger partial charge in [0.05, 0.1) is 12.7 Å². The molecule has 0 aliphatic carbocycles. The second kappa shape index (κ2) is 8.80. The van der Waals surface area contributed by atoms with Crippen LogP contribution in [0.25, 0.3) is 0 Å². The number of amides is 1. The highest BCUT2D eigenvalue weighted by atomic mass is 35.5. The molecule has 0 saturated carbocycles. The molecule has 1 N–H and O–H groups in total. The standard InChI is InChI=1S/C21H26ClN3O3/c1-14-18(21(27)28-3)15(2)23-19(14)20(26)25-10-4-9-24(11-12-25)13-16-5-7-17(22)8-6-16/h5-8,23H,4,9-13H2,1-3H3. The predicted molar refractivity (Wildman–Crippen MR) is 109 cm³/mol. The molecular formula is C21H26ClN3O3. The third-order valence-electron chi connectivity index (χ3n) is 5.24. The maximum absolute atomic E-state index is 13.1. The first-order chi connectivity index (χ1) is 13.4. The molecule has 0 spiro atoms. The number of nitrogens with one attached hydrogen (secondary N) is 1. The molecule has 0 atom stereocenters. The van der Waals surface area contributed by atoms with Gasteiger partial charge < -0.3 is 14.6 Å². The van der Waals surface area contributed by atoms with Gasteiger partial charge in [-0.2, -0.15) is 0 Å². The van der Waals surface area contributed by atoms with Gasteiger partial charge in [-0.15, -0.1) is 0 Å². The van der Waals surface area contributed by atoms with Crippen LogP contribution in [0.2, 0.25) is 5.02 Å². The van der Waals surface area contributed by atoms with Crippen molar-refractivity contribution in [1.82, 2.24) is 14.8 Å². The van der Waals surface area contributed by atoms with Crippen LogP contribution >= 0.6 is 11.6 Å². The molecule has 6 nitrogen and oxygen atoms in total. The van der Waals surface area contributed by atoms with Crippen molar-refractivity contribution in [3.63, 3.8) is 0 Å². The first-order valence-corrected chi connectivity index (χ1v) is 9.82. The lowest BCUT2D eigenvalue weighted by atomic mass is 10.1. The number of carbonyl (C=O) groups is 2. The number of aromatic amines is 1. The van der Waals surface area contributed by atoms with Crippen LogP contribution in [0.3, 0.4) is 0 Å². The van der Waals surface area contributed by atoms with Crippen molar-refractivity contribution in [1.29, 1.82) is 0 Å². The van der Waals surface area contributed by atoms with Crippen LogP contribution in [0, 0.1) is 13.8 Å². The molecular weight excluding hydrogens is 378 g/mol. The molecule has 1 aliphatic rings. The fourth-order valence-corrected chi connectivity index (χ4v) is 3.84. The van der Waals surface area contributed by atoms with Crippen molar-refractivity contribution in [2.45, 2.75) is 26.8 Å². The summed E-state index contributed by atoms with van der Waals surface area (Å²) in [5, 5.41) is 0.735. The van der Waals surface area contributed by atoms with E-state index in [0.29, 0.717) is 35.6 Å². The van der Waals surface area contributed by atoms with Gasteiger partial charge in [-0.1, -0.05) is 23.7 Å². The molecule has 28 heavy (non-hydrogen) atoms.